The Bertz CT molecular complexity index is 670. The minimum absolute atomic E-state index is 0.0129. The summed E-state index contributed by atoms with van der Waals surface area (Å²) in [6.07, 6.45) is 1.91. The predicted octanol–water partition coefficient (Wildman–Crippen LogP) is -6.01. The molecule has 0 aromatic carbocycles. The maximum atomic E-state index is 10.2. The number of rotatable bonds is 13. The second-order valence-electron chi connectivity index (χ2n) is 6.58. The maximum absolute atomic E-state index is 10.2. The van der Waals surface area contributed by atoms with Crippen molar-refractivity contribution >= 4 is 41.8 Å². The summed E-state index contributed by atoms with van der Waals surface area (Å²) in [5.74, 6) is -4.88. The van der Waals surface area contributed by atoms with Gasteiger partial charge in [0.05, 0.1) is 19.6 Å². The number of aliphatic carboxylic acids is 5. The molecule has 2 unspecified atom stereocenters. The first-order chi connectivity index (χ1) is 17.9. The molecule has 0 bridgehead atoms. The summed E-state index contributed by atoms with van der Waals surface area (Å²) in [6.45, 7) is 0.00657. The molecule has 0 spiro atoms. The van der Waals surface area contributed by atoms with E-state index in [1.165, 1.54) is 0 Å². The molecule has 21 nitrogen and oxygen atoms in total. The summed E-state index contributed by atoms with van der Waals surface area (Å²) in [4.78, 5) is 55.5. The van der Waals surface area contributed by atoms with E-state index in [4.69, 9.17) is 59.9 Å². The standard InChI is InChI=1S/2C6H14N4O2.3C2H5NO2/c2*7-4(5(11)12)2-1-3-10-6(8)9;3*3-1-2(4)5/h2*4H,1-3,7H2,(H,11,12)(H4,8,9,10);3*1,3H2,(H,4,5). The molecule has 0 aromatic heterocycles. The molecule has 230 valence electrons. The number of carboxylic acid groups (broad SMARTS) is 5. The van der Waals surface area contributed by atoms with Gasteiger partial charge in [0.25, 0.3) is 0 Å². The van der Waals surface area contributed by atoms with Crippen LogP contribution < -0.4 is 51.6 Å². The van der Waals surface area contributed by atoms with Gasteiger partial charge >= 0.3 is 29.8 Å². The van der Waals surface area contributed by atoms with Crippen molar-refractivity contribution in [2.75, 3.05) is 32.7 Å². The highest BCUT2D eigenvalue weighted by Crippen LogP contribution is 1.95. The summed E-state index contributed by atoms with van der Waals surface area (Å²) < 4.78 is 0. The molecule has 0 rings (SSSR count). The topological polar surface area (TPSA) is 445 Å². The van der Waals surface area contributed by atoms with E-state index in [2.05, 4.69) is 27.2 Å². The molecule has 39 heavy (non-hydrogen) atoms. The van der Waals surface area contributed by atoms with Crippen LogP contribution in [0.15, 0.2) is 9.98 Å². The Hall–Kier alpha value is -4.31. The van der Waals surface area contributed by atoms with E-state index >= 15 is 0 Å². The zero-order chi connectivity index (χ0) is 32.0. The third-order valence-corrected chi connectivity index (χ3v) is 3.09. The van der Waals surface area contributed by atoms with Gasteiger partial charge in [-0.05, 0) is 25.7 Å². The lowest BCUT2D eigenvalue weighted by molar-refractivity contribution is -0.139. The number of hydrogen-bond donors (Lipinski definition) is 14. The first-order valence-electron chi connectivity index (χ1n) is 10.7. The van der Waals surface area contributed by atoms with E-state index in [9.17, 15) is 24.0 Å². The molecule has 2 atom stereocenters. The van der Waals surface area contributed by atoms with Crippen LogP contribution in [0.5, 0.6) is 0 Å². The lowest BCUT2D eigenvalue weighted by Crippen LogP contribution is -2.30. The number of nitrogens with zero attached hydrogens (tertiary/aromatic N) is 2. The average Bonchev–Trinajstić information content (AvgIpc) is 2.85. The number of guanidine groups is 2. The monoisotopic (exact) mass is 573 g/mol. The Morgan fingerprint density at radius 3 is 0.872 bits per heavy atom. The fourth-order valence-electron chi connectivity index (χ4n) is 1.29. The van der Waals surface area contributed by atoms with E-state index in [1.807, 2.05) is 0 Å². The second kappa shape index (κ2) is 31.7. The van der Waals surface area contributed by atoms with Gasteiger partial charge in [-0.2, -0.15) is 0 Å². The maximum Gasteiger partial charge on any atom is 0.320 e. The fourth-order valence-corrected chi connectivity index (χ4v) is 1.29. The van der Waals surface area contributed by atoms with Crippen LogP contribution in [-0.2, 0) is 24.0 Å². The summed E-state index contributed by atoms with van der Waals surface area (Å²) in [5, 5.41) is 39.6. The quantitative estimate of drug-likeness (QED) is 0.0553. The van der Waals surface area contributed by atoms with Crippen LogP contribution >= 0.6 is 0 Å². The molecule has 0 amide bonds. The zero-order valence-electron chi connectivity index (χ0n) is 21.4. The molecule has 0 aliphatic rings. The number of nitrogens with two attached hydrogens (primary N) is 9. The van der Waals surface area contributed by atoms with E-state index in [0.717, 1.165) is 0 Å². The normalized spacial score (nSPS) is 10.3. The van der Waals surface area contributed by atoms with E-state index in [0.29, 0.717) is 38.8 Å². The Kier molecular flexibility index (Phi) is 36.3. The van der Waals surface area contributed by atoms with Crippen molar-refractivity contribution in [2.45, 2.75) is 37.8 Å². The summed E-state index contributed by atoms with van der Waals surface area (Å²) in [5.41, 5.74) is 44.4. The molecular weight excluding hydrogens is 530 g/mol. The molecule has 0 saturated carbocycles. The molecule has 0 aromatic rings. The molecule has 0 fully saturated rings. The molecule has 0 aliphatic heterocycles. The highest BCUT2D eigenvalue weighted by molar-refractivity contribution is 5.76. The van der Waals surface area contributed by atoms with Crippen LogP contribution in [0.1, 0.15) is 25.7 Å². The molecular formula is C18H43N11O10. The highest BCUT2D eigenvalue weighted by Gasteiger charge is 2.10. The Labute approximate surface area is 224 Å². The van der Waals surface area contributed by atoms with Crippen LogP contribution in [0, 0.1) is 0 Å². The van der Waals surface area contributed by atoms with Crippen LogP contribution in [0.4, 0.5) is 0 Å². The molecule has 0 saturated heterocycles. The Morgan fingerprint density at radius 1 is 0.538 bits per heavy atom. The van der Waals surface area contributed by atoms with Gasteiger partial charge in [-0.1, -0.05) is 0 Å². The van der Waals surface area contributed by atoms with Gasteiger partial charge in [0.2, 0.25) is 0 Å². The van der Waals surface area contributed by atoms with Crippen molar-refractivity contribution in [1.29, 1.82) is 0 Å². The van der Waals surface area contributed by atoms with Gasteiger partial charge in [0.1, 0.15) is 12.1 Å². The molecule has 0 heterocycles. The van der Waals surface area contributed by atoms with Crippen molar-refractivity contribution < 1.29 is 49.5 Å². The van der Waals surface area contributed by atoms with Crippen LogP contribution in [0.3, 0.4) is 0 Å². The summed E-state index contributed by atoms with van der Waals surface area (Å²) in [6, 6.07) is -1.64. The van der Waals surface area contributed by atoms with Crippen molar-refractivity contribution in [3.05, 3.63) is 0 Å². The van der Waals surface area contributed by atoms with Gasteiger partial charge in [-0.25, -0.2) is 0 Å². The Morgan fingerprint density at radius 2 is 0.744 bits per heavy atom. The first-order valence-corrected chi connectivity index (χ1v) is 10.7. The van der Waals surface area contributed by atoms with Gasteiger partial charge in [0, 0.05) is 13.1 Å². The first kappa shape index (κ1) is 44.7. The number of hydrogen-bond acceptors (Lipinski definition) is 12. The Balaban J connectivity index is -0.000000132. The lowest BCUT2D eigenvalue weighted by atomic mass is 10.2. The smallest absolute Gasteiger partial charge is 0.320 e. The predicted molar refractivity (Wildman–Crippen MR) is 141 cm³/mol. The second-order valence-corrected chi connectivity index (χ2v) is 6.58. The van der Waals surface area contributed by atoms with Crippen LogP contribution in [-0.4, -0.2) is 112 Å². The fraction of sp³-hybridized carbons (Fsp3) is 0.611. The van der Waals surface area contributed by atoms with E-state index in [-0.39, 0.29) is 31.6 Å². The van der Waals surface area contributed by atoms with Gasteiger partial charge < -0.3 is 77.1 Å². The van der Waals surface area contributed by atoms with Crippen molar-refractivity contribution in [3.63, 3.8) is 0 Å². The van der Waals surface area contributed by atoms with Gasteiger partial charge in [-0.15, -0.1) is 0 Å². The highest BCUT2D eigenvalue weighted by atomic mass is 16.4. The largest absolute Gasteiger partial charge is 0.480 e. The van der Waals surface area contributed by atoms with Crippen LogP contribution in [0.2, 0.25) is 0 Å². The molecule has 0 radical (unpaired) electrons. The summed E-state index contributed by atoms with van der Waals surface area (Å²) >= 11 is 0. The average molecular weight is 574 g/mol. The SMILES string of the molecule is NC(N)=NCCCC(N)C(=O)O.NC(N)=NCCCC(N)C(=O)O.NCC(=O)O.NCC(=O)O.NCC(=O)O. The number of aliphatic imine (C=N–C) groups is 2. The number of carboxylic acids is 5. The van der Waals surface area contributed by atoms with Crippen LogP contribution in [0.25, 0.3) is 0 Å². The third kappa shape index (κ3) is 60.3. The van der Waals surface area contributed by atoms with E-state index < -0.39 is 41.9 Å². The van der Waals surface area contributed by atoms with E-state index in [1.54, 1.807) is 0 Å². The molecule has 0 aliphatic carbocycles. The summed E-state index contributed by atoms with van der Waals surface area (Å²) in [7, 11) is 0. The van der Waals surface area contributed by atoms with Crippen molar-refractivity contribution in [3.8, 4) is 0 Å². The molecule has 21 heteroatoms. The van der Waals surface area contributed by atoms with Crippen molar-refractivity contribution in [1.82, 2.24) is 0 Å². The lowest BCUT2D eigenvalue weighted by Gasteiger charge is -2.03. The number of carbonyl (C=O) groups is 5. The minimum atomic E-state index is -1.00. The van der Waals surface area contributed by atoms with Crippen molar-refractivity contribution in [2.24, 2.45) is 61.6 Å². The minimum Gasteiger partial charge on any atom is -0.480 e. The molecule has 23 N–H and O–H groups in total. The van der Waals surface area contributed by atoms with Gasteiger partial charge in [0.15, 0.2) is 11.9 Å². The van der Waals surface area contributed by atoms with Gasteiger partial charge in [-0.3, -0.25) is 34.0 Å². The third-order valence-electron chi connectivity index (χ3n) is 3.09. The zero-order valence-corrected chi connectivity index (χ0v) is 21.4.